The molecular formula is C10H7ClN2O3. The molecule has 2 N–H and O–H groups in total. The van der Waals surface area contributed by atoms with Gasteiger partial charge in [-0.3, -0.25) is 14.7 Å². The molecule has 16 heavy (non-hydrogen) atoms. The van der Waals surface area contributed by atoms with E-state index in [1.54, 1.807) is 24.3 Å². The Labute approximate surface area is 94.9 Å². The minimum Gasteiger partial charge on any atom is -0.493 e. The maximum Gasteiger partial charge on any atom is 0.279 e. The van der Waals surface area contributed by atoms with Crippen LogP contribution >= 0.6 is 11.6 Å². The van der Waals surface area contributed by atoms with Gasteiger partial charge in [0.1, 0.15) is 5.56 Å². The molecule has 0 spiro atoms. The van der Waals surface area contributed by atoms with Crippen molar-refractivity contribution in [3.63, 3.8) is 0 Å². The lowest BCUT2D eigenvalue weighted by atomic mass is 10.3. The Morgan fingerprint density at radius 2 is 2.19 bits per heavy atom. The number of aromatic amines is 1. The van der Waals surface area contributed by atoms with Gasteiger partial charge in [-0.1, -0.05) is 17.7 Å². The van der Waals surface area contributed by atoms with E-state index in [1.165, 1.54) is 0 Å². The zero-order valence-electron chi connectivity index (χ0n) is 7.98. The number of H-pyrrole nitrogens is 1. The van der Waals surface area contributed by atoms with Crippen molar-refractivity contribution in [2.75, 3.05) is 0 Å². The van der Waals surface area contributed by atoms with Gasteiger partial charge in [0.15, 0.2) is 6.29 Å². The lowest BCUT2D eigenvalue weighted by Crippen LogP contribution is -2.06. The van der Waals surface area contributed by atoms with E-state index in [2.05, 4.69) is 5.10 Å². The quantitative estimate of drug-likeness (QED) is 0.776. The van der Waals surface area contributed by atoms with Crippen molar-refractivity contribution in [3.8, 4) is 11.6 Å². The molecule has 0 bridgehead atoms. The van der Waals surface area contributed by atoms with Gasteiger partial charge in [-0.2, -0.15) is 0 Å². The number of benzene rings is 1. The van der Waals surface area contributed by atoms with Crippen molar-refractivity contribution in [3.05, 3.63) is 45.2 Å². The molecule has 0 saturated carbocycles. The van der Waals surface area contributed by atoms with Crippen LogP contribution in [0.1, 0.15) is 10.4 Å². The third-order valence-electron chi connectivity index (χ3n) is 2.09. The fourth-order valence-corrected chi connectivity index (χ4v) is 1.53. The third kappa shape index (κ3) is 1.61. The Hall–Kier alpha value is -2.01. The summed E-state index contributed by atoms with van der Waals surface area (Å²) in [4.78, 5) is 21.8. The van der Waals surface area contributed by atoms with Gasteiger partial charge in [0.2, 0.25) is 5.88 Å². The first kappa shape index (κ1) is 10.5. The minimum absolute atomic E-state index is 0.301. The van der Waals surface area contributed by atoms with E-state index in [0.717, 1.165) is 4.68 Å². The van der Waals surface area contributed by atoms with E-state index in [9.17, 15) is 14.7 Å². The molecule has 2 rings (SSSR count). The summed E-state index contributed by atoms with van der Waals surface area (Å²) in [7, 11) is 0. The van der Waals surface area contributed by atoms with Crippen LogP contribution < -0.4 is 5.56 Å². The van der Waals surface area contributed by atoms with Gasteiger partial charge in [0, 0.05) is 5.02 Å². The lowest BCUT2D eigenvalue weighted by molar-refractivity contribution is 0.112. The molecule has 5 nitrogen and oxygen atoms in total. The maximum absolute atomic E-state index is 11.2. The Balaban J connectivity index is 2.65. The van der Waals surface area contributed by atoms with Crippen LogP contribution in [0.5, 0.6) is 5.88 Å². The van der Waals surface area contributed by atoms with Crippen molar-refractivity contribution < 1.29 is 9.90 Å². The summed E-state index contributed by atoms with van der Waals surface area (Å²) in [6.45, 7) is 0. The molecule has 2 aromatic rings. The molecule has 0 aliphatic heterocycles. The number of hydrogen-bond acceptors (Lipinski definition) is 3. The SMILES string of the molecule is O=Cc1c(O)n(-c2cccc(Cl)c2)[nH]c1=O. The summed E-state index contributed by atoms with van der Waals surface area (Å²) in [5.74, 6) is -0.428. The van der Waals surface area contributed by atoms with Crippen molar-refractivity contribution in [1.29, 1.82) is 0 Å². The van der Waals surface area contributed by atoms with Gasteiger partial charge >= 0.3 is 0 Å². The Morgan fingerprint density at radius 1 is 1.44 bits per heavy atom. The second kappa shape index (κ2) is 3.86. The van der Waals surface area contributed by atoms with Crippen molar-refractivity contribution in [2.24, 2.45) is 0 Å². The van der Waals surface area contributed by atoms with Gasteiger partial charge in [0.25, 0.3) is 5.56 Å². The van der Waals surface area contributed by atoms with Gasteiger partial charge in [-0.05, 0) is 18.2 Å². The molecule has 0 radical (unpaired) electrons. The topological polar surface area (TPSA) is 75.1 Å². The van der Waals surface area contributed by atoms with Crippen LogP contribution in [-0.4, -0.2) is 21.2 Å². The molecule has 0 fully saturated rings. The standard InChI is InChI=1S/C10H7ClN2O3/c11-6-2-1-3-7(4-6)13-10(16)8(5-14)9(15)12-13/h1-5,16H,(H,12,15). The highest BCUT2D eigenvalue weighted by Gasteiger charge is 2.13. The molecule has 0 saturated heterocycles. The van der Waals surface area contributed by atoms with Gasteiger partial charge in [-0.15, -0.1) is 0 Å². The average molecular weight is 239 g/mol. The molecule has 6 heteroatoms. The monoisotopic (exact) mass is 238 g/mol. The minimum atomic E-state index is -0.646. The highest BCUT2D eigenvalue weighted by molar-refractivity contribution is 6.30. The van der Waals surface area contributed by atoms with Crippen molar-refractivity contribution >= 4 is 17.9 Å². The number of hydrogen-bond donors (Lipinski definition) is 2. The summed E-state index contributed by atoms with van der Waals surface area (Å²) in [5, 5.41) is 12.4. The van der Waals surface area contributed by atoms with Gasteiger partial charge in [0.05, 0.1) is 5.69 Å². The molecule has 0 aliphatic rings. The third-order valence-corrected chi connectivity index (χ3v) is 2.33. The molecule has 0 aliphatic carbocycles. The predicted octanol–water partition coefficient (Wildman–Crippen LogP) is 1.34. The van der Waals surface area contributed by atoms with E-state index < -0.39 is 11.4 Å². The predicted molar refractivity (Wildman–Crippen MR) is 58.5 cm³/mol. The maximum atomic E-state index is 11.2. The van der Waals surface area contributed by atoms with Crippen LogP contribution in [0, 0.1) is 0 Å². The van der Waals surface area contributed by atoms with Crippen LogP contribution in [0.2, 0.25) is 5.02 Å². The van der Waals surface area contributed by atoms with E-state index in [4.69, 9.17) is 11.6 Å². The highest BCUT2D eigenvalue weighted by Crippen LogP contribution is 2.19. The number of carbonyl (C=O) groups is 1. The highest BCUT2D eigenvalue weighted by atomic mass is 35.5. The Bertz CT molecular complexity index is 600. The first-order chi connectivity index (χ1) is 7.63. The molecule has 0 amide bonds. The van der Waals surface area contributed by atoms with E-state index in [1.807, 2.05) is 0 Å². The molecule has 1 aromatic heterocycles. The van der Waals surface area contributed by atoms with E-state index in [0.29, 0.717) is 17.0 Å². The summed E-state index contributed by atoms with van der Waals surface area (Å²) >= 11 is 5.77. The first-order valence-electron chi connectivity index (χ1n) is 4.38. The molecule has 1 aromatic carbocycles. The summed E-state index contributed by atoms with van der Waals surface area (Å²) in [6.07, 6.45) is 0.301. The normalized spacial score (nSPS) is 10.3. The zero-order valence-corrected chi connectivity index (χ0v) is 8.73. The van der Waals surface area contributed by atoms with E-state index in [-0.39, 0.29) is 5.56 Å². The fourth-order valence-electron chi connectivity index (χ4n) is 1.34. The molecule has 1 heterocycles. The van der Waals surface area contributed by atoms with Crippen molar-refractivity contribution in [1.82, 2.24) is 9.78 Å². The fraction of sp³-hybridized carbons (Fsp3) is 0. The van der Waals surface area contributed by atoms with Gasteiger partial charge < -0.3 is 5.11 Å². The van der Waals surface area contributed by atoms with Crippen LogP contribution in [0.15, 0.2) is 29.1 Å². The number of aromatic hydroxyl groups is 1. The van der Waals surface area contributed by atoms with E-state index >= 15 is 0 Å². The zero-order chi connectivity index (χ0) is 11.7. The van der Waals surface area contributed by atoms with Crippen molar-refractivity contribution in [2.45, 2.75) is 0 Å². The van der Waals surface area contributed by atoms with Crippen LogP contribution in [-0.2, 0) is 0 Å². The Morgan fingerprint density at radius 3 is 2.75 bits per heavy atom. The molecule has 0 unspecified atom stereocenters. The number of aldehydes is 1. The molecule has 0 atom stereocenters. The van der Waals surface area contributed by atoms with Gasteiger partial charge in [-0.25, -0.2) is 4.68 Å². The number of aromatic nitrogens is 2. The first-order valence-corrected chi connectivity index (χ1v) is 4.76. The Kier molecular flexibility index (Phi) is 2.54. The summed E-state index contributed by atoms with van der Waals surface area (Å²) < 4.78 is 1.10. The number of halogens is 1. The smallest absolute Gasteiger partial charge is 0.279 e. The average Bonchev–Trinajstić information content (AvgIpc) is 2.54. The van der Waals surface area contributed by atoms with Crippen LogP contribution in [0.4, 0.5) is 0 Å². The second-order valence-corrected chi connectivity index (χ2v) is 3.55. The van der Waals surface area contributed by atoms with Crippen LogP contribution in [0.25, 0.3) is 5.69 Å². The lowest BCUT2D eigenvalue weighted by Gasteiger charge is -2.03. The summed E-state index contributed by atoms with van der Waals surface area (Å²) in [5.41, 5.74) is -0.484. The number of carbonyl (C=O) groups excluding carboxylic acids is 1. The number of nitrogens with zero attached hydrogens (tertiary/aromatic N) is 1. The number of rotatable bonds is 2. The molecular weight excluding hydrogens is 232 g/mol. The second-order valence-electron chi connectivity index (χ2n) is 3.11. The number of nitrogens with one attached hydrogen (secondary N) is 1. The summed E-state index contributed by atoms with van der Waals surface area (Å²) in [6, 6.07) is 6.50. The molecule has 82 valence electrons. The largest absolute Gasteiger partial charge is 0.493 e. The van der Waals surface area contributed by atoms with Crippen LogP contribution in [0.3, 0.4) is 0 Å².